The van der Waals surface area contributed by atoms with E-state index in [-0.39, 0.29) is 16.6 Å². The first-order valence-electron chi connectivity index (χ1n) is 6.76. The Kier molecular flexibility index (Phi) is 4.20. The van der Waals surface area contributed by atoms with Gasteiger partial charge in [-0.25, -0.2) is 18.4 Å². The zero-order valence-electron chi connectivity index (χ0n) is 12.0. The van der Waals surface area contributed by atoms with Crippen LogP contribution in [0.5, 0.6) is 11.8 Å². The third-order valence-electron chi connectivity index (χ3n) is 2.89. The monoisotopic (exact) mass is 327 g/mol. The third-order valence-corrected chi connectivity index (χ3v) is 4.28. The van der Waals surface area contributed by atoms with Crippen LogP contribution in [0.1, 0.15) is 0 Å². The first-order valence-corrected chi connectivity index (χ1v) is 8.25. The van der Waals surface area contributed by atoms with Crippen molar-refractivity contribution in [2.45, 2.75) is 4.90 Å². The minimum Gasteiger partial charge on any atom is -0.424 e. The molecule has 1 aromatic heterocycles. The Morgan fingerprint density at radius 3 is 2.00 bits per heavy atom. The predicted octanol–water partition coefficient (Wildman–Crippen LogP) is 3.07. The minimum atomic E-state index is -3.66. The Labute approximate surface area is 133 Å². The van der Waals surface area contributed by atoms with Crippen LogP contribution in [0.3, 0.4) is 0 Å². The van der Waals surface area contributed by atoms with E-state index in [4.69, 9.17) is 4.74 Å². The highest BCUT2D eigenvalue weighted by Crippen LogP contribution is 2.19. The van der Waals surface area contributed by atoms with Crippen LogP contribution in [-0.2, 0) is 10.0 Å². The summed E-state index contributed by atoms with van der Waals surface area (Å²) < 4.78 is 32.2. The number of ether oxygens (including phenoxy) is 1. The topological polar surface area (TPSA) is 81.2 Å². The minimum absolute atomic E-state index is 0.138. The molecule has 0 saturated heterocycles. The summed E-state index contributed by atoms with van der Waals surface area (Å²) in [5, 5.41) is 0. The molecule has 0 aliphatic heterocycles. The van der Waals surface area contributed by atoms with E-state index in [1.54, 1.807) is 30.3 Å². The molecule has 0 radical (unpaired) electrons. The van der Waals surface area contributed by atoms with Gasteiger partial charge in [0.15, 0.2) is 0 Å². The maximum Gasteiger partial charge on any atom is 0.322 e. The van der Waals surface area contributed by atoms with E-state index in [1.165, 1.54) is 24.5 Å². The van der Waals surface area contributed by atoms with Gasteiger partial charge in [0.1, 0.15) is 5.75 Å². The number of para-hydroxylation sites is 1. The van der Waals surface area contributed by atoms with Crippen molar-refractivity contribution in [1.82, 2.24) is 9.97 Å². The summed E-state index contributed by atoms with van der Waals surface area (Å²) in [5.41, 5.74) is 0.259. The van der Waals surface area contributed by atoms with Crippen molar-refractivity contribution in [3.8, 4) is 11.8 Å². The van der Waals surface area contributed by atoms with Crippen LogP contribution in [0, 0.1) is 0 Å². The largest absolute Gasteiger partial charge is 0.424 e. The van der Waals surface area contributed by atoms with Gasteiger partial charge in [-0.1, -0.05) is 36.4 Å². The van der Waals surface area contributed by atoms with E-state index in [0.717, 1.165) is 0 Å². The number of hydrogen-bond donors (Lipinski definition) is 1. The Bertz CT molecular complexity index is 867. The molecule has 0 atom stereocenters. The van der Waals surface area contributed by atoms with Gasteiger partial charge in [0.25, 0.3) is 10.0 Å². The second-order valence-electron chi connectivity index (χ2n) is 4.59. The molecule has 0 unspecified atom stereocenters. The van der Waals surface area contributed by atoms with Crippen LogP contribution in [0.2, 0.25) is 0 Å². The highest BCUT2D eigenvalue weighted by Gasteiger charge is 2.14. The average molecular weight is 327 g/mol. The zero-order valence-corrected chi connectivity index (χ0v) is 12.8. The molecule has 0 bridgehead atoms. The summed E-state index contributed by atoms with van der Waals surface area (Å²) in [6, 6.07) is 17.3. The molecule has 1 N–H and O–H groups in total. The van der Waals surface area contributed by atoms with Crippen LogP contribution in [0.25, 0.3) is 0 Å². The summed E-state index contributed by atoms with van der Waals surface area (Å²) in [6.07, 6.45) is 2.71. The Balaban J connectivity index is 1.73. The Morgan fingerprint density at radius 2 is 1.39 bits per heavy atom. The van der Waals surface area contributed by atoms with Crippen molar-refractivity contribution in [2.75, 3.05) is 4.72 Å². The Hall–Kier alpha value is -2.93. The molecule has 1 heterocycles. The summed E-state index contributed by atoms with van der Waals surface area (Å²) in [6.45, 7) is 0. The fourth-order valence-electron chi connectivity index (χ4n) is 1.83. The van der Waals surface area contributed by atoms with Gasteiger partial charge in [0, 0.05) is 0 Å². The summed E-state index contributed by atoms with van der Waals surface area (Å²) in [5.74, 6) is 0.602. The predicted molar refractivity (Wildman–Crippen MR) is 85.8 cm³/mol. The average Bonchev–Trinajstić information content (AvgIpc) is 2.58. The molecule has 7 heteroatoms. The second-order valence-corrected chi connectivity index (χ2v) is 6.27. The molecule has 3 aromatic rings. The number of anilines is 1. The maximum atomic E-state index is 12.2. The molecular weight excluding hydrogens is 314 g/mol. The highest BCUT2D eigenvalue weighted by molar-refractivity contribution is 7.92. The fraction of sp³-hybridized carbons (Fsp3) is 0. The van der Waals surface area contributed by atoms with E-state index < -0.39 is 10.0 Å². The van der Waals surface area contributed by atoms with E-state index in [0.29, 0.717) is 5.75 Å². The molecule has 0 saturated carbocycles. The van der Waals surface area contributed by atoms with Crippen molar-refractivity contribution in [1.29, 1.82) is 0 Å². The smallest absolute Gasteiger partial charge is 0.322 e. The Morgan fingerprint density at radius 1 is 0.826 bits per heavy atom. The van der Waals surface area contributed by atoms with Crippen molar-refractivity contribution in [2.24, 2.45) is 0 Å². The lowest BCUT2D eigenvalue weighted by Gasteiger charge is -2.08. The first-order chi connectivity index (χ1) is 11.1. The lowest BCUT2D eigenvalue weighted by molar-refractivity contribution is 0.442. The summed E-state index contributed by atoms with van der Waals surface area (Å²) in [4.78, 5) is 8.15. The SMILES string of the molecule is O=S(=O)(Nc1cnc(Oc2ccccc2)nc1)c1ccccc1. The summed E-state index contributed by atoms with van der Waals surface area (Å²) in [7, 11) is -3.66. The van der Waals surface area contributed by atoms with Gasteiger partial charge in [-0.05, 0) is 24.3 Å². The number of sulfonamides is 1. The van der Waals surface area contributed by atoms with Gasteiger partial charge in [0.2, 0.25) is 0 Å². The van der Waals surface area contributed by atoms with Crippen molar-refractivity contribution >= 4 is 15.7 Å². The van der Waals surface area contributed by atoms with Crippen LogP contribution in [-0.4, -0.2) is 18.4 Å². The molecule has 0 spiro atoms. The molecule has 23 heavy (non-hydrogen) atoms. The number of nitrogens with zero attached hydrogens (tertiary/aromatic N) is 2. The van der Waals surface area contributed by atoms with Crippen molar-refractivity contribution in [3.05, 3.63) is 73.1 Å². The maximum absolute atomic E-state index is 12.2. The van der Waals surface area contributed by atoms with Crippen LogP contribution in [0.4, 0.5) is 5.69 Å². The number of nitrogens with one attached hydrogen (secondary N) is 1. The lowest BCUT2D eigenvalue weighted by atomic mass is 10.3. The summed E-state index contributed by atoms with van der Waals surface area (Å²) >= 11 is 0. The van der Waals surface area contributed by atoms with Crippen LogP contribution in [0.15, 0.2) is 78.0 Å². The van der Waals surface area contributed by atoms with E-state index in [1.807, 2.05) is 18.2 Å². The quantitative estimate of drug-likeness (QED) is 0.779. The molecule has 0 fully saturated rings. The van der Waals surface area contributed by atoms with Crippen LogP contribution < -0.4 is 9.46 Å². The number of hydrogen-bond acceptors (Lipinski definition) is 5. The number of aromatic nitrogens is 2. The first kappa shape index (κ1) is 15.0. The number of rotatable bonds is 5. The normalized spacial score (nSPS) is 11.0. The van der Waals surface area contributed by atoms with E-state index in [2.05, 4.69) is 14.7 Å². The highest BCUT2D eigenvalue weighted by atomic mass is 32.2. The van der Waals surface area contributed by atoms with Gasteiger partial charge in [-0.2, -0.15) is 0 Å². The molecule has 6 nitrogen and oxygen atoms in total. The molecule has 0 aliphatic rings. The van der Waals surface area contributed by atoms with Gasteiger partial charge in [-0.15, -0.1) is 0 Å². The third kappa shape index (κ3) is 3.83. The van der Waals surface area contributed by atoms with Crippen LogP contribution >= 0.6 is 0 Å². The molecular formula is C16H13N3O3S. The van der Waals surface area contributed by atoms with Gasteiger partial charge < -0.3 is 4.74 Å². The number of benzene rings is 2. The second kappa shape index (κ2) is 6.45. The van der Waals surface area contributed by atoms with E-state index in [9.17, 15) is 8.42 Å². The van der Waals surface area contributed by atoms with Crippen molar-refractivity contribution < 1.29 is 13.2 Å². The van der Waals surface area contributed by atoms with Gasteiger partial charge in [0.05, 0.1) is 23.0 Å². The molecule has 0 amide bonds. The molecule has 3 rings (SSSR count). The van der Waals surface area contributed by atoms with Gasteiger partial charge >= 0.3 is 6.01 Å². The fourth-order valence-corrected chi connectivity index (χ4v) is 2.88. The van der Waals surface area contributed by atoms with Gasteiger partial charge in [-0.3, -0.25) is 4.72 Å². The standard InChI is InChI=1S/C16H13N3O3S/c20-23(21,15-9-5-2-6-10-15)19-13-11-17-16(18-12-13)22-14-7-3-1-4-8-14/h1-12,19H. The van der Waals surface area contributed by atoms with E-state index >= 15 is 0 Å². The molecule has 0 aliphatic carbocycles. The molecule has 2 aromatic carbocycles. The van der Waals surface area contributed by atoms with Crippen molar-refractivity contribution in [3.63, 3.8) is 0 Å². The zero-order chi connectivity index (χ0) is 16.1. The lowest BCUT2D eigenvalue weighted by Crippen LogP contribution is -2.13. The molecule has 116 valence electrons.